The molecule has 1 aromatic rings. The summed E-state index contributed by atoms with van der Waals surface area (Å²) in [5.41, 5.74) is 7.09. The molecule has 4 heteroatoms. The summed E-state index contributed by atoms with van der Waals surface area (Å²) >= 11 is 0. The van der Waals surface area contributed by atoms with Gasteiger partial charge >= 0.3 is 0 Å². The minimum atomic E-state index is -0.254. The molecule has 1 rings (SSSR count). The van der Waals surface area contributed by atoms with Crippen LogP contribution >= 0.6 is 0 Å². The lowest BCUT2D eigenvalue weighted by atomic mass is 9.95. The summed E-state index contributed by atoms with van der Waals surface area (Å²) < 4.78 is 0. The number of carbonyl (C=O) groups is 1. The van der Waals surface area contributed by atoms with Crippen LogP contribution in [0, 0.1) is 5.92 Å². The molecule has 0 radical (unpaired) electrons. The molecule has 0 spiro atoms. The summed E-state index contributed by atoms with van der Waals surface area (Å²) in [5, 5.41) is 5.95. The molecule has 2 atom stereocenters. The number of carbonyl (C=O) groups excluding carboxylic acids is 1. The van der Waals surface area contributed by atoms with Crippen molar-refractivity contribution in [2.75, 3.05) is 20.1 Å². The van der Waals surface area contributed by atoms with Gasteiger partial charge in [-0.1, -0.05) is 37.3 Å². The van der Waals surface area contributed by atoms with Crippen molar-refractivity contribution in [2.24, 2.45) is 11.7 Å². The Morgan fingerprint density at radius 3 is 2.56 bits per heavy atom. The average Bonchev–Trinajstić information content (AvgIpc) is 2.42. The second-order valence-electron chi connectivity index (χ2n) is 4.47. The molecule has 1 aromatic carbocycles. The third kappa shape index (κ3) is 4.47. The van der Waals surface area contributed by atoms with Crippen molar-refractivity contribution < 1.29 is 4.79 Å². The van der Waals surface area contributed by atoms with Crippen LogP contribution in [0.4, 0.5) is 0 Å². The fourth-order valence-corrected chi connectivity index (χ4v) is 1.76. The number of benzene rings is 1. The van der Waals surface area contributed by atoms with E-state index in [1.54, 1.807) is 0 Å². The standard InChI is InChI=1S/C14H23N3O/c1-11(14(18)17-10-6-9-16-2)13(15)12-7-4-3-5-8-12/h3-5,7-8,11,13,16H,6,9-10,15H2,1-2H3,(H,17,18). The Morgan fingerprint density at radius 2 is 1.94 bits per heavy atom. The van der Waals surface area contributed by atoms with Gasteiger partial charge in [0.2, 0.25) is 5.91 Å². The molecule has 100 valence electrons. The Kier molecular flexibility index (Phi) is 6.39. The fourth-order valence-electron chi connectivity index (χ4n) is 1.76. The maximum absolute atomic E-state index is 11.9. The van der Waals surface area contributed by atoms with Crippen molar-refractivity contribution >= 4 is 5.91 Å². The Balaban J connectivity index is 2.43. The van der Waals surface area contributed by atoms with Crippen LogP contribution in [0.3, 0.4) is 0 Å². The van der Waals surface area contributed by atoms with Gasteiger partial charge in [0.1, 0.15) is 0 Å². The van der Waals surface area contributed by atoms with Gasteiger partial charge in [0, 0.05) is 12.6 Å². The summed E-state index contributed by atoms with van der Waals surface area (Å²) in [7, 11) is 1.90. The van der Waals surface area contributed by atoms with E-state index in [1.165, 1.54) is 0 Å². The average molecular weight is 249 g/mol. The summed E-state index contributed by atoms with van der Waals surface area (Å²) in [6.07, 6.45) is 0.926. The first-order chi connectivity index (χ1) is 8.66. The molecule has 0 saturated carbocycles. The number of rotatable bonds is 7. The SMILES string of the molecule is CNCCCNC(=O)C(C)C(N)c1ccccc1. The molecule has 0 fully saturated rings. The van der Waals surface area contributed by atoms with Gasteiger partial charge in [-0.3, -0.25) is 4.79 Å². The predicted octanol–water partition coefficient (Wildman–Crippen LogP) is 1.05. The third-order valence-corrected chi connectivity index (χ3v) is 3.04. The molecule has 18 heavy (non-hydrogen) atoms. The largest absolute Gasteiger partial charge is 0.356 e. The zero-order chi connectivity index (χ0) is 13.4. The number of amides is 1. The lowest BCUT2D eigenvalue weighted by molar-refractivity contribution is -0.125. The minimum Gasteiger partial charge on any atom is -0.356 e. The van der Waals surface area contributed by atoms with Gasteiger partial charge in [-0.05, 0) is 25.6 Å². The van der Waals surface area contributed by atoms with Crippen LogP contribution in [0.15, 0.2) is 30.3 Å². The van der Waals surface area contributed by atoms with E-state index in [2.05, 4.69) is 10.6 Å². The summed E-state index contributed by atoms with van der Waals surface area (Å²) in [5.74, 6) is -0.204. The molecule has 4 nitrogen and oxygen atoms in total. The van der Waals surface area contributed by atoms with Gasteiger partial charge in [-0.15, -0.1) is 0 Å². The van der Waals surface area contributed by atoms with E-state index in [4.69, 9.17) is 5.73 Å². The summed E-state index contributed by atoms with van der Waals surface area (Å²) in [6, 6.07) is 9.47. The molecule has 4 N–H and O–H groups in total. The van der Waals surface area contributed by atoms with Gasteiger partial charge < -0.3 is 16.4 Å². The van der Waals surface area contributed by atoms with Crippen molar-refractivity contribution in [1.29, 1.82) is 0 Å². The van der Waals surface area contributed by atoms with E-state index in [9.17, 15) is 4.79 Å². The topological polar surface area (TPSA) is 67.1 Å². The maximum atomic E-state index is 11.9. The number of hydrogen-bond acceptors (Lipinski definition) is 3. The first-order valence-corrected chi connectivity index (χ1v) is 6.39. The lowest BCUT2D eigenvalue weighted by Crippen LogP contribution is -2.36. The molecular formula is C14H23N3O. The quantitative estimate of drug-likeness (QED) is 0.633. The minimum absolute atomic E-state index is 0.0162. The monoisotopic (exact) mass is 249 g/mol. The first-order valence-electron chi connectivity index (χ1n) is 6.39. The van der Waals surface area contributed by atoms with Gasteiger partial charge in [0.15, 0.2) is 0 Å². The first kappa shape index (κ1) is 14.7. The molecule has 0 aliphatic carbocycles. The highest BCUT2D eigenvalue weighted by atomic mass is 16.1. The lowest BCUT2D eigenvalue weighted by Gasteiger charge is -2.19. The Labute approximate surface area is 109 Å². The van der Waals surface area contributed by atoms with Crippen molar-refractivity contribution in [3.05, 3.63) is 35.9 Å². The van der Waals surface area contributed by atoms with E-state index < -0.39 is 0 Å². The van der Waals surface area contributed by atoms with Gasteiger partial charge in [0.05, 0.1) is 5.92 Å². The predicted molar refractivity (Wildman–Crippen MR) is 74.1 cm³/mol. The molecule has 0 bridgehead atoms. The molecule has 0 aliphatic rings. The summed E-state index contributed by atoms with van der Waals surface area (Å²) in [6.45, 7) is 3.45. The van der Waals surface area contributed by atoms with Gasteiger partial charge in [-0.25, -0.2) is 0 Å². The van der Waals surface area contributed by atoms with Crippen LogP contribution < -0.4 is 16.4 Å². The van der Waals surface area contributed by atoms with Crippen LogP contribution in [0.5, 0.6) is 0 Å². The molecule has 0 aromatic heterocycles. The fraction of sp³-hybridized carbons (Fsp3) is 0.500. The smallest absolute Gasteiger partial charge is 0.224 e. The second-order valence-corrected chi connectivity index (χ2v) is 4.47. The highest BCUT2D eigenvalue weighted by molar-refractivity contribution is 5.79. The van der Waals surface area contributed by atoms with E-state index in [-0.39, 0.29) is 17.9 Å². The highest BCUT2D eigenvalue weighted by Crippen LogP contribution is 2.18. The number of hydrogen-bond donors (Lipinski definition) is 3. The van der Waals surface area contributed by atoms with Crippen molar-refractivity contribution in [3.63, 3.8) is 0 Å². The van der Waals surface area contributed by atoms with Gasteiger partial charge in [0.25, 0.3) is 0 Å². The Bertz CT molecular complexity index is 353. The molecule has 2 unspecified atom stereocenters. The normalized spacial score (nSPS) is 13.9. The van der Waals surface area contributed by atoms with Crippen molar-refractivity contribution in [1.82, 2.24) is 10.6 Å². The van der Waals surface area contributed by atoms with Crippen molar-refractivity contribution in [3.8, 4) is 0 Å². The number of nitrogens with one attached hydrogen (secondary N) is 2. The van der Waals surface area contributed by atoms with E-state index in [1.807, 2.05) is 44.3 Å². The van der Waals surface area contributed by atoms with Crippen LogP contribution in [0.2, 0.25) is 0 Å². The zero-order valence-corrected chi connectivity index (χ0v) is 11.1. The third-order valence-electron chi connectivity index (χ3n) is 3.04. The van der Waals surface area contributed by atoms with Crippen molar-refractivity contribution in [2.45, 2.75) is 19.4 Å². The highest BCUT2D eigenvalue weighted by Gasteiger charge is 2.21. The molecule has 0 saturated heterocycles. The Hall–Kier alpha value is -1.39. The molecular weight excluding hydrogens is 226 g/mol. The Morgan fingerprint density at radius 1 is 1.28 bits per heavy atom. The zero-order valence-electron chi connectivity index (χ0n) is 11.1. The van der Waals surface area contributed by atoms with E-state index in [0.29, 0.717) is 6.54 Å². The van der Waals surface area contributed by atoms with Gasteiger partial charge in [-0.2, -0.15) is 0 Å². The molecule has 0 heterocycles. The van der Waals surface area contributed by atoms with Crippen LogP contribution in [-0.4, -0.2) is 26.0 Å². The van der Waals surface area contributed by atoms with Crippen LogP contribution in [0.25, 0.3) is 0 Å². The molecule has 1 amide bonds. The molecule has 0 aliphatic heterocycles. The van der Waals surface area contributed by atoms with Crippen LogP contribution in [0.1, 0.15) is 24.9 Å². The number of nitrogens with two attached hydrogens (primary N) is 1. The van der Waals surface area contributed by atoms with Crippen LogP contribution in [-0.2, 0) is 4.79 Å². The maximum Gasteiger partial charge on any atom is 0.224 e. The van der Waals surface area contributed by atoms with E-state index >= 15 is 0 Å². The summed E-state index contributed by atoms with van der Waals surface area (Å²) in [4.78, 5) is 11.9. The second kappa shape index (κ2) is 7.84. The van der Waals surface area contributed by atoms with E-state index in [0.717, 1.165) is 18.5 Å².